The van der Waals surface area contributed by atoms with Crippen LogP contribution < -0.4 is 10.1 Å². The molecule has 0 bridgehead atoms. The van der Waals surface area contributed by atoms with Gasteiger partial charge in [0.05, 0.1) is 6.10 Å². The molecule has 110 valence electrons. The van der Waals surface area contributed by atoms with Crippen LogP contribution in [0.3, 0.4) is 0 Å². The molecule has 0 amide bonds. The molecular weight excluding hydrogens is 246 g/mol. The van der Waals surface area contributed by atoms with Crippen molar-refractivity contribution in [1.29, 1.82) is 0 Å². The molecule has 1 aliphatic carbocycles. The fourth-order valence-corrected chi connectivity index (χ4v) is 3.63. The average molecular weight is 273 g/mol. The molecular formula is C18H27NO. The molecule has 1 unspecified atom stereocenters. The average Bonchev–Trinajstić information content (AvgIpc) is 3.25. The molecule has 3 rings (SSSR count). The number of rotatable bonds is 4. The Morgan fingerprint density at radius 1 is 1.20 bits per heavy atom. The summed E-state index contributed by atoms with van der Waals surface area (Å²) >= 11 is 0. The van der Waals surface area contributed by atoms with E-state index in [1.165, 1.54) is 44.1 Å². The van der Waals surface area contributed by atoms with Crippen LogP contribution in [-0.2, 0) is 5.54 Å². The molecule has 2 fully saturated rings. The van der Waals surface area contributed by atoms with Crippen molar-refractivity contribution in [3.05, 3.63) is 29.8 Å². The normalized spacial score (nSPS) is 27.4. The molecule has 1 heterocycles. The van der Waals surface area contributed by atoms with Crippen molar-refractivity contribution in [2.75, 3.05) is 6.54 Å². The first-order chi connectivity index (χ1) is 9.71. The van der Waals surface area contributed by atoms with Crippen LogP contribution in [0.15, 0.2) is 24.3 Å². The molecule has 1 N–H and O–H groups in total. The zero-order valence-corrected chi connectivity index (χ0v) is 12.8. The third kappa shape index (κ3) is 2.85. The molecule has 1 aromatic rings. The quantitative estimate of drug-likeness (QED) is 0.886. The van der Waals surface area contributed by atoms with E-state index in [9.17, 15) is 0 Å². The minimum Gasteiger partial charge on any atom is -0.491 e. The number of hydrogen-bond acceptors (Lipinski definition) is 2. The molecule has 1 atom stereocenters. The highest BCUT2D eigenvalue weighted by Crippen LogP contribution is 2.49. The second-order valence-corrected chi connectivity index (χ2v) is 6.68. The zero-order valence-electron chi connectivity index (χ0n) is 12.8. The van der Waals surface area contributed by atoms with E-state index in [1.54, 1.807) is 0 Å². The Kier molecular flexibility index (Phi) is 4.02. The SMILES string of the molecule is CC(C)Oc1cccc(C2(C3CC3)CCCCCN2)c1. The Morgan fingerprint density at radius 2 is 2.05 bits per heavy atom. The highest BCUT2D eigenvalue weighted by molar-refractivity contribution is 5.35. The predicted molar refractivity (Wildman–Crippen MR) is 83.1 cm³/mol. The van der Waals surface area contributed by atoms with Crippen LogP contribution >= 0.6 is 0 Å². The fourth-order valence-electron chi connectivity index (χ4n) is 3.63. The van der Waals surface area contributed by atoms with Crippen molar-refractivity contribution in [3.8, 4) is 5.75 Å². The number of hydrogen-bond donors (Lipinski definition) is 1. The first-order valence-electron chi connectivity index (χ1n) is 8.23. The summed E-state index contributed by atoms with van der Waals surface area (Å²) in [5, 5.41) is 3.90. The van der Waals surface area contributed by atoms with Gasteiger partial charge in [0.1, 0.15) is 5.75 Å². The maximum atomic E-state index is 5.89. The fraction of sp³-hybridized carbons (Fsp3) is 0.667. The third-order valence-electron chi connectivity index (χ3n) is 4.68. The molecule has 1 aliphatic heterocycles. The van der Waals surface area contributed by atoms with Gasteiger partial charge in [-0.1, -0.05) is 25.0 Å². The molecule has 1 saturated carbocycles. The van der Waals surface area contributed by atoms with Crippen molar-refractivity contribution in [2.24, 2.45) is 5.92 Å². The molecule has 0 spiro atoms. The van der Waals surface area contributed by atoms with E-state index < -0.39 is 0 Å². The molecule has 1 saturated heterocycles. The van der Waals surface area contributed by atoms with Gasteiger partial charge in [0.15, 0.2) is 0 Å². The number of ether oxygens (including phenoxy) is 1. The van der Waals surface area contributed by atoms with Crippen LogP contribution in [0.5, 0.6) is 5.75 Å². The van der Waals surface area contributed by atoms with Crippen LogP contribution in [-0.4, -0.2) is 12.6 Å². The smallest absolute Gasteiger partial charge is 0.120 e. The Hall–Kier alpha value is -1.02. The van der Waals surface area contributed by atoms with Gasteiger partial charge in [-0.3, -0.25) is 0 Å². The van der Waals surface area contributed by atoms with Crippen molar-refractivity contribution < 1.29 is 4.74 Å². The topological polar surface area (TPSA) is 21.3 Å². The van der Waals surface area contributed by atoms with E-state index in [0.29, 0.717) is 0 Å². The third-order valence-corrected chi connectivity index (χ3v) is 4.68. The lowest BCUT2D eigenvalue weighted by Crippen LogP contribution is -2.43. The van der Waals surface area contributed by atoms with Gasteiger partial charge in [0.2, 0.25) is 0 Å². The Bertz CT molecular complexity index is 442. The van der Waals surface area contributed by atoms with Crippen LogP contribution in [0.4, 0.5) is 0 Å². The van der Waals surface area contributed by atoms with Crippen LogP contribution in [0.1, 0.15) is 57.9 Å². The minimum absolute atomic E-state index is 0.215. The summed E-state index contributed by atoms with van der Waals surface area (Å²) in [7, 11) is 0. The highest BCUT2D eigenvalue weighted by atomic mass is 16.5. The van der Waals surface area contributed by atoms with E-state index in [2.05, 4.69) is 43.4 Å². The standard InChI is InChI=1S/C18H27NO/c1-14(2)20-17-8-6-7-16(13-17)18(15-9-10-15)11-4-3-5-12-19-18/h6-8,13-15,19H,3-5,9-12H2,1-2H3. The molecule has 2 nitrogen and oxygen atoms in total. The summed E-state index contributed by atoms with van der Waals surface area (Å²) in [5.41, 5.74) is 1.66. The lowest BCUT2D eigenvalue weighted by molar-refractivity contribution is 0.238. The van der Waals surface area contributed by atoms with Gasteiger partial charge < -0.3 is 10.1 Å². The molecule has 0 radical (unpaired) electrons. The van der Waals surface area contributed by atoms with E-state index >= 15 is 0 Å². The largest absolute Gasteiger partial charge is 0.491 e. The van der Waals surface area contributed by atoms with E-state index in [0.717, 1.165) is 18.2 Å². The van der Waals surface area contributed by atoms with Crippen molar-refractivity contribution >= 4 is 0 Å². The van der Waals surface area contributed by atoms with Gasteiger partial charge in [-0.25, -0.2) is 0 Å². The van der Waals surface area contributed by atoms with Gasteiger partial charge in [0, 0.05) is 5.54 Å². The zero-order chi connectivity index (χ0) is 14.0. The summed E-state index contributed by atoms with van der Waals surface area (Å²) in [6, 6.07) is 8.81. The summed E-state index contributed by atoms with van der Waals surface area (Å²) in [6.45, 7) is 5.34. The predicted octanol–water partition coefficient (Wildman–Crippen LogP) is 4.24. The second kappa shape index (κ2) is 5.77. The first-order valence-corrected chi connectivity index (χ1v) is 8.23. The lowest BCUT2D eigenvalue weighted by Gasteiger charge is -2.35. The second-order valence-electron chi connectivity index (χ2n) is 6.68. The molecule has 0 aromatic heterocycles. The Morgan fingerprint density at radius 3 is 2.80 bits per heavy atom. The lowest BCUT2D eigenvalue weighted by atomic mass is 9.81. The summed E-state index contributed by atoms with van der Waals surface area (Å²) in [6.07, 6.45) is 8.30. The first kappa shape index (κ1) is 13.9. The number of benzene rings is 1. The van der Waals surface area contributed by atoms with E-state index in [4.69, 9.17) is 4.74 Å². The maximum absolute atomic E-state index is 5.89. The van der Waals surface area contributed by atoms with Gasteiger partial charge in [-0.2, -0.15) is 0 Å². The van der Waals surface area contributed by atoms with Crippen molar-refractivity contribution in [3.63, 3.8) is 0 Å². The van der Waals surface area contributed by atoms with Crippen molar-refractivity contribution in [1.82, 2.24) is 5.32 Å². The van der Waals surface area contributed by atoms with Crippen molar-refractivity contribution in [2.45, 2.75) is 64.0 Å². The highest BCUT2D eigenvalue weighted by Gasteiger charge is 2.46. The van der Waals surface area contributed by atoms with E-state index in [1.807, 2.05) is 0 Å². The van der Waals surface area contributed by atoms with Crippen LogP contribution in [0.25, 0.3) is 0 Å². The summed E-state index contributed by atoms with van der Waals surface area (Å²) in [4.78, 5) is 0. The van der Waals surface area contributed by atoms with Gasteiger partial charge in [0.25, 0.3) is 0 Å². The maximum Gasteiger partial charge on any atom is 0.120 e. The minimum atomic E-state index is 0.215. The Labute approximate surface area is 122 Å². The number of nitrogens with one attached hydrogen (secondary N) is 1. The summed E-state index contributed by atoms with van der Waals surface area (Å²) in [5.74, 6) is 1.85. The van der Waals surface area contributed by atoms with Gasteiger partial charge in [-0.05, 0) is 69.7 Å². The molecule has 1 aromatic carbocycles. The molecule has 2 heteroatoms. The van der Waals surface area contributed by atoms with Gasteiger partial charge in [-0.15, -0.1) is 0 Å². The monoisotopic (exact) mass is 273 g/mol. The van der Waals surface area contributed by atoms with E-state index in [-0.39, 0.29) is 11.6 Å². The summed E-state index contributed by atoms with van der Waals surface area (Å²) < 4.78 is 5.89. The van der Waals surface area contributed by atoms with Crippen LogP contribution in [0, 0.1) is 5.92 Å². The molecule has 2 aliphatic rings. The van der Waals surface area contributed by atoms with Gasteiger partial charge >= 0.3 is 0 Å². The molecule has 20 heavy (non-hydrogen) atoms. The Balaban J connectivity index is 1.90. The van der Waals surface area contributed by atoms with Crippen LogP contribution in [0.2, 0.25) is 0 Å².